The molecule has 29 heavy (non-hydrogen) atoms. The molecule has 1 aromatic heterocycles. The molecule has 4 aliphatic rings. The Bertz CT molecular complexity index is 799. The Morgan fingerprint density at radius 3 is 2.59 bits per heavy atom. The third kappa shape index (κ3) is 3.81. The lowest BCUT2D eigenvalue weighted by Crippen LogP contribution is -2.51. The molecule has 1 aromatic rings. The summed E-state index contributed by atoms with van der Waals surface area (Å²) in [6, 6.07) is 0.321. The van der Waals surface area contributed by atoms with Crippen molar-refractivity contribution < 1.29 is 14.3 Å². The zero-order chi connectivity index (χ0) is 20.0. The average molecular weight is 401 g/mol. The maximum Gasteiger partial charge on any atom is 0.272 e. The number of hydrogen-bond acceptors (Lipinski definition) is 4. The van der Waals surface area contributed by atoms with E-state index in [4.69, 9.17) is 4.74 Å². The number of nitrogens with zero attached hydrogens (tertiary/aromatic N) is 3. The van der Waals surface area contributed by atoms with Crippen molar-refractivity contribution in [2.45, 2.75) is 82.5 Å². The molecule has 7 nitrogen and oxygen atoms in total. The van der Waals surface area contributed by atoms with E-state index in [-0.39, 0.29) is 11.5 Å². The number of hydrogen-bond donors (Lipinski definition) is 1. The van der Waals surface area contributed by atoms with E-state index in [0.29, 0.717) is 30.2 Å². The molecule has 2 saturated carbocycles. The number of fused-ring (bicyclic) bond motifs is 1. The summed E-state index contributed by atoms with van der Waals surface area (Å²) in [5.41, 5.74) is 2.35. The molecular weight excluding hydrogens is 368 g/mol. The van der Waals surface area contributed by atoms with Crippen LogP contribution in [0.15, 0.2) is 0 Å². The number of likely N-dealkylation sites (tertiary alicyclic amines) is 1. The van der Waals surface area contributed by atoms with E-state index in [1.165, 1.54) is 25.7 Å². The first-order valence-electron chi connectivity index (χ1n) is 11.3. The molecule has 0 aromatic carbocycles. The van der Waals surface area contributed by atoms with Crippen LogP contribution in [0.1, 0.15) is 79.5 Å². The van der Waals surface area contributed by atoms with Crippen LogP contribution in [0.2, 0.25) is 0 Å². The zero-order valence-electron chi connectivity index (χ0n) is 17.4. The van der Waals surface area contributed by atoms with Crippen LogP contribution in [-0.4, -0.2) is 51.2 Å². The predicted molar refractivity (Wildman–Crippen MR) is 107 cm³/mol. The molecule has 5 rings (SSSR count). The Hall–Kier alpha value is -1.89. The second kappa shape index (κ2) is 7.42. The van der Waals surface area contributed by atoms with Crippen molar-refractivity contribution in [1.82, 2.24) is 20.0 Å². The van der Waals surface area contributed by atoms with Crippen molar-refractivity contribution in [1.29, 1.82) is 0 Å². The molecule has 3 heterocycles. The topological polar surface area (TPSA) is 76.5 Å². The van der Waals surface area contributed by atoms with Gasteiger partial charge in [0.2, 0.25) is 5.91 Å². The SMILES string of the molecule is Cn1nc(C(=O)NC2CC2)c2c1CC1(CCN(C(=O)CC3CCCC3)CC1)OC2. The van der Waals surface area contributed by atoms with Crippen LogP contribution in [0.25, 0.3) is 0 Å². The molecular formula is C22H32N4O3. The van der Waals surface area contributed by atoms with Crippen molar-refractivity contribution in [2.24, 2.45) is 13.0 Å². The van der Waals surface area contributed by atoms with E-state index in [1.54, 1.807) is 0 Å². The van der Waals surface area contributed by atoms with Gasteiger partial charge in [-0.25, -0.2) is 0 Å². The lowest BCUT2D eigenvalue weighted by atomic mass is 9.83. The number of rotatable bonds is 4. The van der Waals surface area contributed by atoms with E-state index in [2.05, 4.69) is 10.4 Å². The van der Waals surface area contributed by atoms with E-state index in [1.807, 2.05) is 16.6 Å². The van der Waals surface area contributed by atoms with E-state index in [0.717, 1.165) is 62.9 Å². The van der Waals surface area contributed by atoms with Gasteiger partial charge in [0.15, 0.2) is 5.69 Å². The molecule has 1 N–H and O–H groups in total. The van der Waals surface area contributed by atoms with E-state index in [9.17, 15) is 9.59 Å². The van der Waals surface area contributed by atoms with Crippen molar-refractivity contribution in [3.05, 3.63) is 17.0 Å². The maximum atomic E-state index is 12.7. The Morgan fingerprint density at radius 1 is 1.17 bits per heavy atom. The van der Waals surface area contributed by atoms with Gasteiger partial charge in [-0.05, 0) is 44.4 Å². The number of aromatic nitrogens is 2. The fourth-order valence-corrected chi connectivity index (χ4v) is 5.30. The summed E-state index contributed by atoms with van der Waals surface area (Å²) in [6.07, 6.45) is 10.3. The highest BCUT2D eigenvalue weighted by atomic mass is 16.5. The van der Waals surface area contributed by atoms with Crippen LogP contribution in [-0.2, 0) is 29.6 Å². The van der Waals surface area contributed by atoms with Crippen LogP contribution in [0, 0.1) is 5.92 Å². The molecule has 2 aliphatic carbocycles. The van der Waals surface area contributed by atoms with Gasteiger partial charge in [0.05, 0.1) is 12.2 Å². The Kier molecular flexibility index (Phi) is 4.88. The summed E-state index contributed by atoms with van der Waals surface area (Å²) in [5.74, 6) is 0.848. The molecule has 0 radical (unpaired) electrons. The van der Waals surface area contributed by atoms with Gasteiger partial charge in [-0.15, -0.1) is 0 Å². The third-order valence-corrected chi connectivity index (χ3v) is 7.38. The number of piperidine rings is 1. The minimum atomic E-state index is -0.227. The van der Waals surface area contributed by atoms with Crippen LogP contribution in [0.4, 0.5) is 0 Å². The number of carbonyl (C=O) groups is 2. The molecule has 0 atom stereocenters. The van der Waals surface area contributed by atoms with E-state index < -0.39 is 0 Å². The highest BCUT2D eigenvalue weighted by Gasteiger charge is 2.43. The molecule has 7 heteroatoms. The first-order chi connectivity index (χ1) is 14.0. The monoisotopic (exact) mass is 400 g/mol. The second-order valence-electron chi connectivity index (χ2n) is 9.53. The van der Waals surface area contributed by atoms with Gasteiger partial charge >= 0.3 is 0 Å². The lowest BCUT2D eigenvalue weighted by molar-refractivity contribution is -0.142. The number of amides is 2. The Labute approximate surface area is 172 Å². The number of ether oxygens (including phenoxy) is 1. The zero-order valence-corrected chi connectivity index (χ0v) is 17.4. The van der Waals surface area contributed by atoms with Gasteiger partial charge in [0.1, 0.15) is 0 Å². The van der Waals surface area contributed by atoms with Crippen molar-refractivity contribution >= 4 is 11.8 Å². The van der Waals surface area contributed by atoms with Crippen LogP contribution in [0.5, 0.6) is 0 Å². The molecule has 2 amide bonds. The van der Waals surface area contributed by atoms with Gasteiger partial charge in [-0.2, -0.15) is 5.10 Å². The molecule has 158 valence electrons. The van der Waals surface area contributed by atoms with Gasteiger partial charge in [0.25, 0.3) is 5.91 Å². The highest BCUT2D eigenvalue weighted by Crippen LogP contribution is 2.38. The maximum absolute atomic E-state index is 12.7. The van der Waals surface area contributed by atoms with E-state index >= 15 is 0 Å². The number of aryl methyl sites for hydroxylation is 1. The molecule has 1 saturated heterocycles. The normalized spacial score (nSPS) is 24.0. The predicted octanol–water partition coefficient (Wildman–Crippen LogP) is 2.33. The summed E-state index contributed by atoms with van der Waals surface area (Å²) < 4.78 is 8.21. The Morgan fingerprint density at radius 2 is 1.90 bits per heavy atom. The van der Waals surface area contributed by atoms with Crippen molar-refractivity contribution in [3.8, 4) is 0 Å². The first kappa shape index (κ1) is 19.1. The summed E-state index contributed by atoms with van der Waals surface area (Å²) in [4.78, 5) is 27.2. The second-order valence-corrected chi connectivity index (χ2v) is 9.53. The smallest absolute Gasteiger partial charge is 0.272 e. The van der Waals surface area contributed by atoms with Gasteiger partial charge in [-0.3, -0.25) is 14.3 Å². The molecule has 0 bridgehead atoms. The summed E-state index contributed by atoms with van der Waals surface area (Å²) >= 11 is 0. The first-order valence-corrected chi connectivity index (χ1v) is 11.3. The van der Waals surface area contributed by atoms with Crippen LogP contribution < -0.4 is 5.32 Å². The lowest BCUT2D eigenvalue weighted by Gasteiger charge is -2.44. The van der Waals surface area contributed by atoms with Crippen LogP contribution in [0.3, 0.4) is 0 Å². The fourth-order valence-electron chi connectivity index (χ4n) is 5.30. The summed E-state index contributed by atoms with van der Waals surface area (Å²) in [5, 5.41) is 7.55. The minimum absolute atomic E-state index is 0.0729. The van der Waals surface area contributed by atoms with Crippen molar-refractivity contribution in [2.75, 3.05) is 13.1 Å². The number of carbonyl (C=O) groups excluding carboxylic acids is 2. The highest BCUT2D eigenvalue weighted by molar-refractivity contribution is 5.94. The average Bonchev–Trinajstić information content (AvgIpc) is 3.26. The molecule has 3 fully saturated rings. The number of nitrogens with one attached hydrogen (secondary N) is 1. The molecule has 1 spiro atoms. The van der Waals surface area contributed by atoms with Gasteiger partial charge in [0, 0.05) is 50.3 Å². The van der Waals surface area contributed by atoms with Gasteiger partial charge < -0.3 is 15.0 Å². The Balaban J connectivity index is 1.22. The molecule has 2 aliphatic heterocycles. The van der Waals surface area contributed by atoms with Crippen molar-refractivity contribution in [3.63, 3.8) is 0 Å². The largest absolute Gasteiger partial charge is 0.370 e. The summed E-state index contributed by atoms with van der Waals surface area (Å²) in [6.45, 7) is 1.98. The van der Waals surface area contributed by atoms with Gasteiger partial charge in [-0.1, -0.05) is 12.8 Å². The standard InChI is InChI=1S/C22H32N4O3/c1-25-18-13-22(29-14-17(18)20(24-25)21(28)23-16-6-7-16)8-10-26(11-9-22)19(27)12-15-4-2-3-5-15/h15-16H,2-14H2,1H3,(H,23,28). The van der Waals surface area contributed by atoms with Crippen LogP contribution >= 0.6 is 0 Å². The minimum Gasteiger partial charge on any atom is -0.370 e. The molecule has 0 unspecified atom stereocenters. The summed E-state index contributed by atoms with van der Waals surface area (Å²) in [7, 11) is 1.92. The third-order valence-electron chi connectivity index (χ3n) is 7.38. The fraction of sp³-hybridized carbons (Fsp3) is 0.773. The quantitative estimate of drug-likeness (QED) is 0.842.